The highest BCUT2D eigenvalue weighted by atomic mass is 16.1. The van der Waals surface area contributed by atoms with Gasteiger partial charge in [0.15, 0.2) is 5.78 Å². The van der Waals surface area contributed by atoms with E-state index in [0.29, 0.717) is 6.54 Å². The van der Waals surface area contributed by atoms with Crippen LogP contribution in [0.4, 0.5) is 0 Å². The Labute approximate surface area is 105 Å². The maximum Gasteiger partial charge on any atom is 0.176 e. The Balaban J connectivity index is 2.40. The zero-order chi connectivity index (χ0) is 12.7. The summed E-state index contributed by atoms with van der Waals surface area (Å²) in [4.78, 5) is 14.1. The molecule has 0 bridgehead atoms. The molecule has 94 valence electrons. The van der Waals surface area contributed by atoms with Gasteiger partial charge < -0.3 is 0 Å². The lowest BCUT2D eigenvalue weighted by atomic mass is 10.1. The fourth-order valence-electron chi connectivity index (χ4n) is 1.79. The van der Waals surface area contributed by atoms with Crippen LogP contribution in [0, 0.1) is 6.92 Å². The number of unbranched alkanes of at least 4 members (excludes halogenated alkanes) is 2. The second-order valence-electron chi connectivity index (χ2n) is 4.73. The first-order chi connectivity index (χ1) is 8.13. The molecule has 0 fully saturated rings. The Kier molecular flexibility index (Phi) is 5.92. The number of Topliss-reactive ketones (excluding diaryl/α,β-unsaturated/α-hetero) is 1. The van der Waals surface area contributed by atoms with Crippen molar-refractivity contribution >= 4 is 5.78 Å². The summed E-state index contributed by atoms with van der Waals surface area (Å²) in [5, 5.41) is 0. The van der Waals surface area contributed by atoms with E-state index in [1.165, 1.54) is 24.8 Å². The van der Waals surface area contributed by atoms with Gasteiger partial charge in [0.25, 0.3) is 0 Å². The molecule has 0 atom stereocenters. The van der Waals surface area contributed by atoms with E-state index in [9.17, 15) is 4.79 Å². The number of ketones is 1. The van der Waals surface area contributed by atoms with Crippen molar-refractivity contribution in [2.45, 2.75) is 33.1 Å². The highest BCUT2D eigenvalue weighted by molar-refractivity contribution is 5.97. The lowest BCUT2D eigenvalue weighted by Crippen LogP contribution is -2.27. The predicted molar refractivity (Wildman–Crippen MR) is 72.5 cm³/mol. The Morgan fingerprint density at radius 2 is 1.82 bits per heavy atom. The standard InChI is InChI=1S/C15H23NO/c1-4-5-6-11-16(3)12-15(17)14-9-7-13(2)8-10-14/h7-10H,4-6,11-12H2,1-3H3. The lowest BCUT2D eigenvalue weighted by Gasteiger charge is -2.15. The first kappa shape index (κ1) is 13.9. The summed E-state index contributed by atoms with van der Waals surface area (Å²) in [6.45, 7) is 5.75. The largest absolute Gasteiger partial charge is 0.299 e. The fourth-order valence-corrected chi connectivity index (χ4v) is 1.79. The maximum absolute atomic E-state index is 12.0. The van der Waals surface area contributed by atoms with Gasteiger partial charge in [0.2, 0.25) is 0 Å². The molecule has 2 nitrogen and oxygen atoms in total. The topological polar surface area (TPSA) is 20.3 Å². The van der Waals surface area contributed by atoms with Crippen LogP contribution in [-0.2, 0) is 0 Å². The summed E-state index contributed by atoms with van der Waals surface area (Å²) in [5.74, 6) is 0.212. The van der Waals surface area contributed by atoms with Gasteiger partial charge in [-0.15, -0.1) is 0 Å². The summed E-state index contributed by atoms with van der Waals surface area (Å²) in [6, 6.07) is 7.81. The highest BCUT2D eigenvalue weighted by Gasteiger charge is 2.08. The minimum Gasteiger partial charge on any atom is -0.299 e. The summed E-state index contributed by atoms with van der Waals surface area (Å²) in [6.07, 6.45) is 3.64. The van der Waals surface area contributed by atoms with Crippen molar-refractivity contribution in [3.8, 4) is 0 Å². The number of nitrogens with zero attached hydrogens (tertiary/aromatic N) is 1. The summed E-state index contributed by atoms with van der Waals surface area (Å²) in [5.41, 5.74) is 2.01. The molecule has 0 spiro atoms. The van der Waals surface area contributed by atoms with Crippen molar-refractivity contribution in [1.29, 1.82) is 0 Å². The van der Waals surface area contributed by atoms with Crippen LogP contribution >= 0.6 is 0 Å². The Morgan fingerprint density at radius 3 is 2.41 bits per heavy atom. The van der Waals surface area contributed by atoms with Crippen LogP contribution in [0.15, 0.2) is 24.3 Å². The van der Waals surface area contributed by atoms with Crippen molar-refractivity contribution < 1.29 is 4.79 Å². The van der Waals surface area contributed by atoms with Crippen LogP contribution in [-0.4, -0.2) is 30.8 Å². The Morgan fingerprint density at radius 1 is 1.18 bits per heavy atom. The summed E-state index contributed by atoms with van der Waals surface area (Å²) in [7, 11) is 2.02. The van der Waals surface area contributed by atoms with Gasteiger partial charge in [0.05, 0.1) is 6.54 Å². The number of hydrogen-bond donors (Lipinski definition) is 0. The molecule has 17 heavy (non-hydrogen) atoms. The molecule has 0 amide bonds. The average molecular weight is 233 g/mol. The molecule has 0 radical (unpaired) electrons. The van der Waals surface area contributed by atoms with Crippen LogP contribution < -0.4 is 0 Å². The molecule has 0 heterocycles. The van der Waals surface area contributed by atoms with Crippen LogP contribution in [0.3, 0.4) is 0 Å². The molecule has 0 saturated heterocycles. The molecule has 0 aromatic heterocycles. The SMILES string of the molecule is CCCCCN(C)CC(=O)c1ccc(C)cc1. The number of hydrogen-bond acceptors (Lipinski definition) is 2. The van der Waals surface area contributed by atoms with E-state index >= 15 is 0 Å². The number of carbonyl (C=O) groups excluding carboxylic acids is 1. The normalized spacial score (nSPS) is 10.8. The molecular weight excluding hydrogens is 210 g/mol. The number of carbonyl (C=O) groups is 1. The molecule has 0 aliphatic carbocycles. The second-order valence-corrected chi connectivity index (χ2v) is 4.73. The van der Waals surface area contributed by atoms with Gasteiger partial charge in [0.1, 0.15) is 0 Å². The molecule has 1 aromatic rings. The van der Waals surface area contributed by atoms with Gasteiger partial charge in [-0.1, -0.05) is 49.6 Å². The van der Waals surface area contributed by atoms with Crippen molar-refractivity contribution in [3.63, 3.8) is 0 Å². The van der Waals surface area contributed by atoms with Crippen molar-refractivity contribution in [2.75, 3.05) is 20.1 Å². The van der Waals surface area contributed by atoms with Gasteiger partial charge in [-0.25, -0.2) is 0 Å². The molecule has 1 rings (SSSR count). The predicted octanol–water partition coefficient (Wildman–Crippen LogP) is 3.30. The quantitative estimate of drug-likeness (QED) is 0.532. The van der Waals surface area contributed by atoms with E-state index < -0.39 is 0 Å². The van der Waals surface area contributed by atoms with E-state index in [1.807, 2.05) is 38.2 Å². The number of benzene rings is 1. The smallest absolute Gasteiger partial charge is 0.176 e. The zero-order valence-corrected chi connectivity index (χ0v) is 11.2. The van der Waals surface area contributed by atoms with Gasteiger partial charge in [0, 0.05) is 5.56 Å². The van der Waals surface area contributed by atoms with Crippen molar-refractivity contribution in [1.82, 2.24) is 4.90 Å². The number of rotatable bonds is 7. The highest BCUT2D eigenvalue weighted by Crippen LogP contribution is 2.05. The molecule has 0 saturated carbocycles. The zero-order valence-electron chi connectivity index (χ0n) is 11.2. The van der Waals surface area contributed by atoms with E-state index in [1.54, 1.807) is 0 Å². The Bertz CT molecular complexity index is 342. The maximum atomic E-state index is 12.0. The minimum absolute atomic E-state index is 0.212. The molecule has 1 aromatic carbocycles. The fraction of sp³-hybridized carbons (Fsp3) is 0.533. The van der Waals surface area contributed by atoms with Gasteiger partial charge in [-0.3, -0.25) is 9.69 Å². The van der Waals surface area contributed by atoms with E-state index in [-0.39, 0.29) is 5.78 Å². The molecule has 0 unspecified atom stereocenters. The Hall–Kier alpha value is -1.15. The van der Waals surface area contributed by atoms with Crippen LogP contribution in [0.1, 0.15) is 42.1 Å². The second kappa shape index (κ2) is 7.23. The minimum atomic E-state index is 0.212. The van der Waals surface area contributed by atoms with E-state index in [2.05, 4.69) is 11.8 Å². The first-order valence-corrected chi connectivity index (χ1v) is 6.42. The molecule has 0 aliphatic heterocycles. The van der Waals surface area contributed by atoms with E-state index in [0.717, 1.165) is 12.1 Å². The molecular formula is C15H23NO. The number of aryl methyl sites for hydroxylation is 1. The van der Waals surface area contributed by atoms with Gasteiger partial charge >= 0.3 is 0 Å². The monoisotopic (exact) mass is 233 g/mol. The van der Waals surface area contributed by atoms with E-state index in [4.69, 9.17) is 0 Å². The van der Waals surface area contributed by atoms with Gasteiger partial charge in [-0.2, -0.15) is 0 Å². The molecule has 0 aliphatic rings. The van der Waals surface area contributed by atoms with Gasteiger partial charge in [-0.05, 0) is 26.9 Å². The van der Waals surface area contributed by atoms with Crippen molar-refractivity contribution in [3.05, 3.63) is 35.4 Å². The van der Waals surface area contributed by atoms with Crippen LogP contribution in [0.5, 0.6) is 0 Å². The van der Waals surface area contributed by atoms with Crippen LogP contribution in [0.2, 0.25) is 0 Å². The molecule has 2 heteroatoms. The molecule has 0 N–H and O–H groups in total. The van der Waals surface area contributed by atoms with Crippen molar-refractivity contribution in [2.24, 2.45) is 0 Å². The summed E-state index contributed by atoms with van der Waals surface area (Å²) < 4.78 is 0. The lowest BCUT2D eigenvalue weighted by molar-refractivity contribution is 0.0945. The average Bonchev–Trinajstić information content (AvgIpc) is 2.30. The van der Waals surface area contributed by atoms with Crippen LogP contribution in [0.25, 0.3) is 0 Å². The third-order valence-electron chi connectivity index (χ3n) is 2.93. The first-order valence-electron chi connectivity index (χ1n) is 6.42. The third kappa shape index (κ3) is 5.14. The number of likely N-dealkylation sites (N-methyl/N-ethyl adjacent to an activating group) is 1. The summed E-state index contributed by atoms with van der Waals surface area (Å²) >= 11 is 0. The third-order valence-corrected chi connectivity index (χ3v) is 2.93.